The lowest BCUT2D eigenvalue weighted by atomic mass is 10.1. The van der Waals surface area contributed by atoms with Gasteiger partial charge in [-0.3, -0.25) is 0 Å². The van der Waals surface area contributed by atoms with E-state index in [-0.39, 0.29) is 0 Å². The van der Waals surface area contributed by atoms with E-state index in [9.17, 15) is 0 Å². The molecule has 3 fully saturated rings. The Kier molecular flexibility index (Phi) is 4.86. The quantitative estimate of drug-likeness (QED) is 0.907. The van der Waals surface area contributed by atoms with E-state index in [0.29, 0.717) is 12.1 Å². The van der Waals surface area contributed by atoms with Gasteiger partial charge in [-0.15, -0.1) is 0 Å². The lowest BCUT2D eigenvalue weighted by Gasteiger charge is -2.31. The third-order valence-electron chi connectivity index (χ3n) is 3.99. The molecule has 0 spiro atoms. The first-order chi connectivity index (χ1) is 9.92. The molecular formula is C14H24N4O2. The molecule has 4 rings (SSSR count). The van der Waals surface area contributed by atoms with Crippen molar-refractivity contribution in [3.8, 4) is 0 Å². The molecule has 20 heavy (non-hydrogen) atoms. The molecule has 0 bridgehead atoms. The van der Waals surface area contributed by atoms with Crippen molar-refractivity contribution >= 4 is 6.01 Å². The summed E-state index contributed by atoms with van der Waals surface area (Å²) in [6.07, 6.45) is 9.11. The maximum atomic E-state index is 5.05. The molecule has 3 heterocycles. The fourth-order valence-corrected chi connectivity index (χ4v) is 2.64. The van der Waals surface area contributed by atoms with Crippen molar-refractivity contribution in [1.82, 2.24) is 15.5 Å². The van der Waals surface area contributed by atoms with E-state index in [4.69, 9.17) is 9.26 Å². The van der Waals surface area contributed by atoms with Crippen LogP contribution in [0.1, 0.15) is 38.5 Å². The summed E-state index contributed by atoms with van der Waals surface area (Å²) in [4.78, 5) is 6.23. The second-order valence-corrected chi connectivity index (χ2v) is 5.75. The summed E-state index contributed by atoms with van der Waals surface area (Å²) in [6, 6.07) is 2.17. The van der Waals surface area contributed by atoms with Gasteiger partial charge in [-0.05, 0) is 38.5 Å². The number of ether oxygens (including phenoxy) is 1. The summed E-state index contributed by atoms with van der Waals surface area (Å²) in [5.41, 5.74) is 0. The second-order valence-electron chi connectivity index (χ2n) is 5.75. The third-order valence-corrected chi connectivity index (χ3v) is 3.99. The van der Waals surface area contributed by atoms with Gasteiger partial charge in [0.15, 0.2) is 6.33 Å². The Morgan fingerprint density at radius 3 is 2.25 bits per heavy atom. The molecule has 0 aromatic carbocycles. The van der Waals surface area contributed by atoms with E-state index in [1.165, 1.54) is 44.9 Å². The zero-order valence-corrected chi connectivity index (χ0v) is 12.0. The Balaban J connectivity index is 0.000000205. The molecule has 1 aromatic rings. The van der Waals surface area contributed by atoms with Crippen molar-refractivity contribution in [2.45, 2.75) is 50.6 Å². The lowest BCUT2D eigenvalue weighted by molar-refractivity contribution is 0.198. The topological polar surface area (TPSA) is 63.4 Å². The first-order valence-corrected chi connectivity index (χ1v) is 7.77. The van der Waals surface area contributed by atoms with Crippen molar-refractivity contribution in [3.63, 3.8) is 0 Å². The Morgan fingerprint density at radius 2 is 1.75 bits per heavy atom. The molecule has 1 aliphatic carbocycles. The minimum absolute atomic E-state index is 0.667. The summed E-state index contributed by atoms with van der Waals surface area (Å²) in [6.45, 7) is 4.04. The molecule has 1 aromatic heterocycles. The molecule has 3 aliphatic rings. The first-order valence-electron chi connectivity index (χ1n) is 7.77. The standard InChI is InChI=1S/C10H16N4O.C4H8O/c1-2-8(1)13-9-3-5-14(6-4-9)10-11-7-12-15-10;1-2-4-5-3-1/h7-9,13H,1-6H2;1-4H2. The molecule has 6 nitrogen and oxygen atoms in total. The number of hydrogen-bond acceptors (Lipinski definition) is 6. The minimum Gasteiger partial charge on any atom is -0.381 e. The normalized spacial score (nSPS) is 23.5. The summed E-state index contributed by atoms with van der Waals surface area (Å²) in [5, 5.41) is 7.30. The molecule has 0 amide bonds. The molecule has 2 aliphatic heterocycles. The monoisotopic (exact) mass is 280 g/mol. The van der Waals surface area contributed by atoms with Crippen LogP contribution >= 0.6 is 0 Å². The maximum Gasteiger partial charge on any atom is 0.323 e. The Hall–Kier alpha value is -1.14. The zero-order valence-electron chi connectivity index (χ0n) is 12.0. The molecule has 1 saturated carbocycles. The highest BCUT2D eigenvalue weighted by molar-refractivity contribution is 5.24. The number of anilines is 1. The van der Waals surface area contributed by atoms with Crippen LogP contribution in [-0.2, 0) is 4.74 Å². The van der Waals surface area contributed by atoms with Crippen LogP contribution in [0.2, 0.25) is 0 Å². The highest BCUT2D eigenvalue weighted by atomic mass is 16.5. The van der Waals surface area contributed by atoms with E-state index >= 15 is 0 Å². The van der Waals surface area contributed by atoms with Crippen molar-refractivity contribution in [1.29, 1.82) is 0 Å². The van der Waals surface area contributed by atoms with E-state index in [2.05, 4.69) is 20.4 Å². The van der Waals surface area contributed by atoms with Gasteiger partial charge >= 0.3 is 6.01 Å². The molecular weight excluding hydrogens is 256 g/mol. The fourth-order valence-electron chi connectivity index (χ4n) is 2.64. The first kappa shape index (κ1) is 13.8. The molecule has 0 radical (unpaired) electrons. The largest absolute Gasteiger partial charge is 0.381 e. The molecule has 112 valence electrons. The molecule has 0 atom stereocenters. The van der Waals surface area contributed by atoms with Gasteiger partial charge in [0.2, 0.25) is 0 Å². The van der Waals surface area contributed by atoms with Gasteiger partial charge in [0.05, 0.1) is 0 Å². The zero-order chi connectivity index (χ0) is 13.6. The molecule has 1 N–H and O–H groups in total. The Labute approximate surface area is 119 Å². The van der Waals surface area contributed by atoms with E-state index < -0.39 is 0 Å². The van der Waals surface area contributed by atoms with Gasteiger partial charge in [0, 0.05) is 38.4 Å². The van der Waals surface area contributed by atoms with E-state index in [1.54, 1.807) is 0 Å². The van der Waals surface area contributed by atoms with E-state index in [1.807, 2.05) is 0 Å². The van der Waals surface area contributed by atoms with Gasteiger partial charge in [-0.1, -0.05) is 5.16 Å². The number of piperidine rings is 1. The van der Waals surface area contributed by atoms with Crippen LogP contribution in [0, 0.1) is 0 Å². The van der Waals surface area contributed by atoms with Crippen molar-refractivity contribution < 1.29 is 9.26 Å². The summed E-state index contributed by atoms with van der Waals surface area (Å²) >= 11 is 0. The van der Waals surface area contributed by atoms with Crippen molar-refractivity contribution in [2.24, 2.45) is 0 Å². The number of nitrogens with one attached hydrogen (secondary N) is 1. The lowest BCUT2D eigenvalue weighted by Crippen LogP contribution is -2.43. The predicted molar refractivity (Wildman–Crippen MR) is 75.7 cm³/mol. The average molecular weight is 280 g/mol. The van der Waals surface area contributed by atoms with Crippen LogP contribution in [0.4, 0.5) is 6.01 Å². The van der Waals surface area contributed by atoms with Gasteiger partial charge in [0.1, 0.15) is 0 Å². The van der Waals surface area contributed by atoms with Gasteiger partial charge in [-0.25, -0.2) is 0 Å². The highest BCUT2D eigenvalue weighted by Gasteiger charge is 2.28. The van der Waals surface area contributed by atoms with Crippen LogP contribution in [0.5, 0.6) is 0 Å². The van der Waals surface area contributed by atoms with Crippen LogP contribution in [0.25, 0.3) is 0 Å². The molecule has 6 heteroatoms. The highest BCUT2D eigenvalue weighted by Crippen LogP contribution is 2.23. The minimum atomic E-state index is 0.667. The number of nitrogens with zero attached hydrogens (tertiary/aromatic N) is 3. The summed E-state index contributed by atoms with van der Waals surface area (Å²) in [7, 11) is 0. The Bertz CT molecular complexity index is 361. The maximum absolute atomic E-state index is 5.05. The molecule has 0 unspecified atom stereocenters. The molecule has 2 saturated heterocycles. The van der Waals surface area contributed by atoms with Crippen LogP contribution in [0.3, 0.4) is 0 Å². The number of aromatic nitrogens is 2. The number of hydrogen-bond donors (Lipinski definition) is 1. The number of rotatable bonds is 3. The summed E-state index contributed by atoms with van der Waals surface area (Å²) in [5.74, 6) is 0. The SMILES string of the molecule is C1CCOC1.c1noc(N2CCC(NC3CC3)CC2)n1. The fraction of sp³-hybridized carbons (Fsp3) is 0.857. The van der Waals surface area contributed by atoms with Crippen LogP contribution in [0.15, 0.2) is 10.9 Å². The van der Waals surface area contributed by atoms with Crippen molar-refractivity contribution in [3.05, 3.63) is 6.33 Å². The van der Waals surface area contributed by atoms with Crippen LogP contribution in [-0.4, -0.2) is 48.5 Å². The second kappa shape index (κ2) is 7.04. The average Bonchev–Trinajstić information content (AvgIpc) is 3.01. The van der Waals surface area contributed by atoms with Gasteiger partial charge in [-0.2, -0.15) is 4.98 Å². The Morgan fingerprint density at radius 1 is 1.05 bits per heavy atom. The van der Waals surface area contributed by atoms with E-state index in [0.717, 1.165) is 32.3 Å². The van der Waals surface area contributed by atoms with Crippen LogP contribution < -0.4 is 10.2 Å². The predicted octanol–water partition coefficient (Wildman–Crippen LogP) is 1.59. The smallest absolute Gasteiger partial charge is 0.323 e. The van der Waals surface area contributed by atoms with Gasteiger partial charge in [0.25, 0.3) is 0 Å². The van der Waals surface area contributed by atoms with Gasteiger partial charge < -0.3 is 19.5 Å². The van der Waals surface area contributed by atoms with Crippen molar-refractivity contribution in [2.75, 3.05) is 31.2 Å². The summed E-state index contributed by atoms with van der Waals surface area (Å²) < 4.78 is 9.99. The third kappa shape index (κ3) is 4.18.